The Morgan fingerprint density at radius 3 is 2.90 bits per heavy atom. The first-order valence-corrected chi connectivity index (χ1v) is 6.34. The predicted molar refractivity (Wildman–Crippen MR) is 77.8 cm³/mol. The van der Waals surface area contributed by atoms with Gasteiger partial charge in [-0.05, 0) is 29.8 Å². The van der Waals surface area contributed by atoms with Crippen molar-refractivity contribution in [2.45, 2.75) is 6.54 Å². The quantitative estimate of drug-likeness (QED) is 0.854. The summed E-state index contributed by atoms with van der Waals surface area (Å²) in [6.45, 7) is 0.373. The number of aromatic hydroxyl groups is 1. The summed E-state index contributed by atoms with van der Waals surface area (Å²) < 4.78 is 0. The van der Waals surface area contributed by atoms with Crippen molar-refractivity contribution in [3.8, 4) is 5.75 Å². The van der Waals surface area contributed by atoms with Crippen LogP contribution in [0.15, 0.2) is 42.6 Å². The molecule has 1 aromatic carbocycles. The van der Waals surface area contributed by atoms with Gasteiger partial charge in [-0.25, -0.2) is 9.78 Å². The third-order valence-corrected chi connectivity index (χ3v) is 2.98. The second-order valence-corrected chi connectivity index (χ2v) is 4.66. The number of hydrogen-bond acceptors (Lipinski definition) is 3. The van der Waals surface area contributed by atoms with Crippen LogP contribution in [0.5, 0.6) is 5.75 Å². The summed E-state index contributed by atoms with van der Waals surface area (Å²) in [5, 5.41) is 12.3. The van der Waals surface area contributed by atoms with E-state index in [2.05, 4.69) is 10.3 Å². The summed E-state index contributed by atoms with van der Waals surface area (Å²) in [6.07, 6.45) is 1.55. The monoisotopic (exact) mass is 291 g/mol. The van der Waals surface area contributed by atoms with E-state index in [1.165, 1.54) is 4.90 Å². The molecule has 2 aromatic rings. The van der Waals surface area contributed by atoms with E-state index >= 15 is 0 Å². The molecule has 0 bridgehead atoms. The van der Waals surface area contributed by atoms with Crippen molar-refractivity contribution in [2.75, 3.05) is 12.4 Å². The Kier molecular flexibility index (Phi) is 4.42. The highest BCUT2D eigenvalue weighted by Gasteiger charge is 2.11. The van der Waals surface area contributed by atoms with Crippen LogP contribution in [-0.2, 0) is 6.54 Å². The molecule has 1 aromatic heterocycles. The lowest BCUT2D eigenvalue weighted by Gasteiger charge is -2.18. The lowest BCUT2D eigenvalue weighted by Crippen LogP contribution is -2.30. The minimum atomic E-state index is -0.303. The van der Waals surface area contributed by atoms with Crippen LogP contribution in [0.25, 0.3) is 0 Å². The van der Waals surface area contributed by atoms with Crippen LogP contribution in [0.1, 0.15) is 5.56 Å². The van der Waals surface area contributed by atoms with E-state index in [4.69, 9.17) is 11.6 Å². The van der Waals surface area contributed by atoms with Gasteiger partial charge in [0.25, 0.3) is 0 Å². The number of nitrogens with zero attached hydrogens (tertiary/aromatic N) is 2. The molecular formula is C14H14ClN3O2. The number of pyridine rings is 1. The van der Waals surface area contributed by atoms with Gasteiger partial charge in [0.05, 0.1) is 5.69 Å². The fourth-order valence-corrected chi connectivity index (χ4v) is 1.86. The van der Waals surface area contributed by atoms with E-state index in [9.17, 15) is 9.90 Å². The van der Waals surface area contributed by atoms with Crippen LogP contribution in [0.4, 0.5) is 10.5 Å². The molecule has 1 heterocycles. The molecule has 5 nitrogen and oxygen atoms in total. The Bertz CT molecular complexity index is 619. The number of carbonyl (C=O) groups excluding carboxylic acids is 1. The normalized spacial score (nSPS) is 10.1. The maximum atomic E-state index is 12.0. The Morgan fingerprint density at radius 1 is 1.40 bits per heavy atom. The van der Waals surface area contributed by atoms with Gasteiger partial charge in [0.2, 0.25) is 0 Å². The van der Waals surface area contributed by atoms with Gasteiger partial charge in [0.1, 0.15) is 5.75 Å². The molecule has 0 aliphatic carbocycles. The van der Waals surface area contributed by atoms with Gasteiger partial charge in [-0.1, -0.05) is 23.7 Å². The van der Waals surface area contributed by atoms with E-state index in [1.807, 2.05) is 6.07 Å². The first-order chi connectivity index (χ1) is 9.56. The highest BCUT2D eigenvalue weighted by Crippen LogP contribution is 2.18. The molecule has 2 rings (SSSR count). The summed E-state index contributed by atoms with van der Waals surface area (Å²) in [6, 6.07) is 9.82. The fourth-order valence-electron chi connectivity index (χ4n) is 1.69. The molecule has 0 aliphatic rings. The standard InChI is InChI=1S/C14H14ClN3O2/c1-18(9-10-4-2-5-11(19)8-10)14(20)17-12-6-3-7-16-13(12)15/h2-8,19H,9H2,1H3,(H,17,20). The van der Waals surface area contributed by atoms with E-state index in [0.29, 0.717) is 12.2 Å². The van der Waals surface area contributed by atoms with Crippen LogP contribution >= 0.6 is 11.6 Å². The van der Waals surface area contributed by atoms with Gasteiger partial charge in [-0.3, -0.25) is 0 Å². The number of phenolic OH excluding ortho intramolecular Hbond substituents is 1. The van der Waals surface area contributed by atoms with Crippen LogP contribution in [0.3, 0.4) is 0 Å². The number of rotatable bonds is 3. The van der Waals surface area contributed by atoms with Crippen molar-refractivity contribution in [3.63, 3.8) is 0 Å². The third kappa shape index (κ3) is 3.61. The average Bonchev–Trinajstić information content (AvgIpc) is 2.41. The smallest absolute Gasteiger partial charge is 0.321 e. The highest BCUT2D eigenvalue weighted by molar-refractivity contribution is 6.32. The molecule has 0 radical (unpaired) electrons. The average molecular weight is 292 g/mol. The molecule has 2 amide bonds. The van der Waals surface area contributed by atoms with Crippen molar-refractivity contribution in [1.29, 1.82) is 0 Å². The van der Waals surface area contributed by atoms with Crippen molar-refractivity contribution in [1.82, 2.24) is 9.88 Å². The number of anilines is 1. The molecule has 0 spiro atoms. The van der Waals surface area contributed by atoms with Gasteiger partial charge in [0.15, 0.2) is 5.15 Å². The summed E-state index contributed by atoms with van der Waals surface area (Å²) in [5.41, 5.74) is 1.29. The predicted octanol–water partition coefficient (Wildman–Crippen LogP) is 3.10. The largest absolute Gasteiger partial charge is 0.508 e. The Labute approximate surface area is 121 Å². The molecule has 0 saturated carbocycles. The van der Waals surface area contributed by atoms with Gasteiger partial charge in [-0.15, -0.1) is 0 Å². The maximum Gasteiger partial charge on any atom is 0.321 e. The number of carbonyl (C=O) groups is 1. The Hall–Kier alpha value is -2.27. The van der Waals surface area contributed by atoms with Gasteiger partial charge in [0, 0.05) is 19.8 Å². The van der Waals surface area contributed by atoms with E-state index in [1.54, 1.807) is 43.6 Å². The summed E-state index contributed by atoms with van der Waals surface area (Å²) in [5.74, 6) is 0.173. The van der Waals surface area contributed by atoms with E-state index < -0.39 is 0 Å². The molecule has 0 unspecified atom stereocenters. The number of urea groups is 1. The first-order valence-electron chi connectivity index (χ1n) is 5.97. The number of nitrogens with one attached hydrogen (secondary N) is 1. The SMILES string of the molecule is CN(Cc1cccc(O)c1)C(=O)Nc1cccnc1Cl. The molecule has 0 atom stereocenters. The van der Waals surface area contributed by atoms with Gasteiger partial charge >= 0.3 is 6.03 Å². The number of benzene rings is 1. The number of phenols is 1. The number of hydrogen-bond donors (Lipinski definition) is 2. The molecule has 104 valence electrons. The second-order valence-electron chi connectivity index (χ2n) is 4.30. The summed E-state index contributed by atoms with van der Waals surface area (Å²) in [4.78, 5) is 17.4. The van der Waals surface area contributed by atoms with Crippen molar-refractivity contribution in [2.24, 2.45) is 0 Å². The number of amides is 2. The molecule has 2 N–H and O–H groups in total. The topological polar surface area (TPSA) is 65.5 Å². The number of halogens is 1. The molecule has 0 saturated heterocycles. The van der Waals surface area contributed by atoms with Crippen LogP contribution in [0.2, 0.25) is 5.15 Å². The molecular weight excluding hydrogens is 278 g/mol. The lowest BCUT2D eigenvalue weighted by molar-refractivity contribution is 0.220. The minimum absolute atomic E-state index is 0.173. The Morgan fingerprint density at radius 2 is 2.20 bits per heavy atom. The number of aromatic nitrogens is 1. The first kappa shape index (κ1) is 14.1. The maximum absolute atomic E-state index is 12.0. The zero-order chi connectivity index (χ0) is 14.5. The minimum Gasteiger partial charge on any atom is -0.508 e. The van der Waals surface area contributed by atoms with E-state index in [0.717, 1.165) is 5.56 Å². The van der Waals surface area contributed by atoms with Crippen LogP contribution in [0, 0.1) is 0 Å². The molecule has 6 heteroatoms. The van der Waals surface area contributed by atoms with Crippen LogP contribution < -0.4 is 5.32 Å². The fraction of sp³-hybridized carbons (Fsp3) is 0.143. The van der Waals surface area contributed by atoms with Crippen LogP contribution in [-0.4, -0.2) is 28.1 Å². The van der Waals surface area contributed by atoms with Crippen molar-refractivity contribution in [3.05, 3.63) is 53.3 Å². The zero-order valence-corrected chi connectivity index (χ0v) is 11.6. The van der Waals surface area contributed by atoms with Gasteiger partial charge in [-0.2, -0.15) is 0 Å². The third-order valence-electron chi connectivity index (χ3n) is 2.68. The summed E-state index contributed by atoms with van der Waals surface area (Å²) >= 11 is 5.88. The molecule has 0 fully saturated rings. The van der Waals surface area contributed by atoms with E-state index in [-0.39, 0.29) is 16.9 Å². The lowest BCUT2D eigenvalue weighted by atomic mass is 10.2. The zero-order valence-electron chi connectivity index (χ0n) is 10.9. The molecule has 20 heavy (non-hydrogen) atoms. The van der Waals surface area contributed by atoms with Crippen molar-refractivity contribution >= 4 is 23.3 Å². The highest BCUT2D eigenvalue weighted by atomic mass is 35.5. The Balaban J connectivity index is 2.01. The van der Waals surface area contributed by atoms with Crippen molar-refractivity contribution < 1.29 is 9.90 Å². The summed E-state index contributed by atoms with van der Waals surface area (Å²) in [7, 11) is 1.66. The molecule has 0 aliphatic heterocycles. The van der Waals surface area contributed by atoms with Gasteiger partial charge < -0.3 is 15.3 Å². The second kappa shape index (κ2) is 6.25.